The van der Waals surface area contributed by atoms with Gasteiger partial charge in [0, 0.05) is 36.3 Å². The molecule has 1 aromatic heterocycles. The highest BCUT2D eigenvalue weighted by atomic mass is 16.5. The molecule has 2 heterocycles. The van der Waals surface area contributed by atoms with Crippen molar-refractivity contribution >= 4 is 5.97 Å². The Morgan fingerprint density at radius 3 is 2.45 bits per heavy atom. The number of aromatic nitrogens is 1. The van der Waals surface area contributed by atoms with E-state index in [9.17, 15) is 10.0 Å². The van der Waals surface area contributed by atoms with Crippen molar-refractivity contribution in [1.29, 1.82) is 0 Å². The molecule has 1 aromatic rings. The number of esters is 1. The van der Waals surface area contributed by atoms with Crippen molar-refractivity contribution < 1.29 is 14.7 Å². The van der Waals surface area contributed by atoms with Crippen molar-refractivity contribution in [3.05, 3.63) is 30.1 Å². The van der Waals surface area contributed by atoms with Crippen molar-refractivity contribution in [2.45, 2.75) is 57.7 Å². The van der Waals surface area contributed by atoms with E-state index in [0.717, 1.165) is 0 Å². The third-order valence-electron chi connectivity index (χ3n) is 3.77. The van der Waals surface area contributed by atoms with Crippen LogP contribution < -0.4 is 0 Å². The average Bonchev–Trinajstić information content (AvgIpc) is 2.36. The fraction of sp³-hybridized carbons (Fsp3) is 0.600. The highest BCUT2D eigenvalue weighted by Gasteiger charge is 2.46. The van der Waals surface area contributed by atoms with E-state index in [-0.39, 0.29) is 12.1 Å². The Balaban J connectivity index is 2.09. The van der Waals surface area contributed by atoms with Gasteiger partial charge in [0.2, 0.25) is 0 Å². The summed E-state index contributed by atoms with van der Waals surface area (Å²) in [5.74, 6) is -0.360. The van der Waals surface area contributed by atoms with Crippen LogP contribution in [0.3, 0.4) is 0 Å². The molecule has 1 fully saturated rings. The number of carbonyl (C=O) groups excluding carboxylic acids is 1. The van der Waals surface area contributed by atoms with Gasteiger partial charge < -0.3 is 9.94 Å². The van der Waals surface area contributed by atoms with Crippen LogP contribution in [0, 0.1) is 0 Å². The van der Waals surface area contributed by atoms with E-state index in [4.69, 9.17) is 4.74 Å². The Hall–Kier alpha value is -1.46. The van der Waals surface area contributed by atoms with Crippen LogP contribution in [-0.2, 0) is 4.74 Å². The smallest absolute Gasteiger partial charge is 0.339 e. The van der Waals surface area contributed by atoms with Gasteiger partial charge in [-0.25, -0.2) is 4.79 Å². The predicted octanol–water partition coefficient (Wildman–Crippen LogP) is 2.65. The van der Waals surface area contributed by atoms with Crippen LogP contribution in [0.5, 0.6) is 0 Å². The number of nitrogens with zero attached hydrogens (tertiary/aromatic N) is 2. The SMILES string of the molecule is CC1(C)CC(OC(=O)c2cccnc2)CC(C)(C)N1O. The van der Waals surface area contributed by atoms with Gasteiger partial charge in [0.1, 0.15) is 6.10 Å². The highest BCUT2D eigenvalue weighted by molar-refractivity contribution is 5.89. The van der Waals surface area contributed by atoms with Gasteiger partial charge in [0.05, 0.1) is 5.56 Å². The van der Waals surface area contributed by atoms with Crippen molar-refractivity contribution in [3.8, 4) is 0 Å². The van der Waals surface area contributed by atoms with E-state index in [1.165, 1.54) is 11.3 Å². The summed E-state index contributed by atoms with van der Waals surface area (Å²) in [7, 11) is 0. The standard InChI is InChI=1S/C15H22N2O3/c1-14(2)8-12(9-15(3,4)17(14)19)20-13(18)11-6-5-7-16-10-11/h5-7,10,12,19H,8-9H2,1-4H3. The summed E-state index contributed by atoms with van der Waals surface area (Å²) in [6, 6.07) is 3.40. The van der Waals surface area contributed by atoms with E-state index in [2.05, 4.69) is 4.98 Å². The first kappa shape index (κ1) is 14.9. The van der Waals surface area contributed by atoms with Crippen molar-refractivity contribution in [1.82, 2.24) is 10.0 Å². The molecule has 0 spiro atoms. The number of rotatable bonds is 2. The van der Waals surface area contributed by atoms with Crippen molar-refractivity contribution in [2.75, 3.05) is 0 Å². The molecular weight excluding hydrogens is 256 g/mol. The monoisotopic (exact) mass is 278 g/mol. The third kappa shape index (κ3) is 2.99. The Bertz CT molecular complexity index is 467. The second-order valence-corrected chi connectivity index (χ2v) is 6.61. The molecule has 0 aromatic carbocycles. The van der Waals surface area contributed by atoms with Crippen LogP contribution in [-0.4, -0.2) is 38.4 Å². The number of carbonyl (C=O) groups is 1. The molecule has 5 nitrogen and oxygen atoms in total. The van der Waals surface area contributed by atoms with E-state index < -0.39 is 11.1 Å². The molecule has 110 valence electrons. The van der Waals surface area contributed by atoms with E-state index in [1.807, 2.05) is 27.7 Å². The van der Waals surface area contributed by atoms with Crippen LogP contribution in [0.2, 0.25) is 0 Å². The number of hydrogen-bond donors (Lipinski definition) is 1. The fourth-order valence-corrected chi connectivity index (χ4v) is 2.97. The Morgan fingerprint density at radius 1 is 1.35 bits per heavy atom. The molecule has 0 aliphatic carbocycles. The van der Waals surface area contributed by atoms with Crippen LogP contribution >= 0.6 is 0 Å². The summed E-state index contributed by atoms with van der Waals surface area (Å²) in [4.78, 5) is 16.0. The molecule has 0 atom stereocenters. The molecule has 1 N–H and O–H groups in total. The second kappa shape index (κ2) is 5.14. The lowest BCUT2D eigenvalue weighted by Gasteiger charge is -2.50. The van der Waals surface area contributed by atoms with E-state index >= 15 is 0 Å². The zero-order valence-electron chi connectivity index (χ0n) is 12.5. The number of pyridine rings is 1. The topological polar surface area (TPSA) is 62.7 Å². The molecule has 20 heavy (non-hydrogen) atoms. The lowest BCUT2D eigenvalue weighted by atomic mass is 9.80. The summed E-state index contributed by atoms with van der Waals surface area (Å²) in [6.07, 6.45) is 4.10. The largest absolute Gasteiger partial charge is 0.459 e. The van der Waals surface area contributed by atoms with Gasteiger partial charge in [0.15, 0.2) is 0 Å². The zero-order chi connectivity index (χ0) is 15.0. The number of ether oxygens (including phenoxy) is 1. The lowest BCUT2D eigenvalue weighted by molar-refractivity contribution is -0.256. The molecule has 0 amide bonds. The maximum atomic E-state index is 12.1. The minimum absolute atomic E-state index is 0.212. The van der Waals surface area contributed by atoms with Gasteiger partial charge in [-0.2, -0.15) is 5.06 Å². The third-order valence-corrected chi connectivity index (χ3v) is 3.77. The Kier molecular flexibility index (Phi) is 3.84. The quantitative estimate of drug-likeness (QED) is 0.843. The summed E-state index contributed by atoms with van der Waals surface area (Å²) >= 11 is 0. The summed E-state index contributed by atoms with van der Waals surface area (Å²) < 4.78 is 5.58. The van der Waals surface area contributed by atoms with Gasteiger partial charge in [-0.1, -0.05) is 0 Å². The van der Waals surface area contributed by atoms with Gasteiger partial charge in [0.25, 0.3) is 0 Å². The summed E-state index contributed by atoms with van der Waals surface area (Å²) in [5.41, 5.74) is -0.405. The van der Waals surface area contributed by atoms with Gasteiger partial charge >= 0.3 is 5.97 Å². The zero-order valence-corrected chi connectivity index (χ0v) is 12.5. The molecular formula is C15H22N2O3. The first-order valence-electron chi connectivity index (χ1n) is 6.83. The van der Waals surface area contributed by atoms with Crippen LogP contribution in [0.15, 0.2) is 24.5 Å². The summed E-state index contributed by atoms with van der Waals surface area (Å²) in [6.45, 7) is 7.77. The molecule has 2 rings (SSSR count). The molecule has 0 unspecified atom stereocenters. The number of hydrogen-bond acceptors (Lipinski definition) is 5. The number of piperidine rings is 1. The minimum Gasteiger partial charge on any atom is -0.459 e. The molecule has 0 bridgehead atoms. The van der Waals surface area contributed by atoms with Crippen LogP contribution in [0.1, 0.15) is 50.9 Å². The van der Waals surface area contributed by atoms with E-state index in [1.54, 1.807) is 18.3 Å². The van der Waals surface area contributed by atoms with Gasteiger partial charge in [-0.05, 0) is 39.8 Å². The van der Waals surface area contributed by atoms with Crippen molar-refractivity contribution in [2.24, 2.45) is 0 Å². The molecule has 0 saturated carbocycles. The maximum Gasteiger partial charge on any atom is 0.339 e. The maximum absolute atomic E-state index is 12.1. The number of hydroxylamine groups is 2. The Morgan fingerprint density at radius 2 is 1.95 bits per heavy atom. The van der Waals surface area contributed by atoms with Gasteiger partial charge in [-0.3, -0.25) is 4.98 Å². The molecule has 5 heteroatoms. The van der Waals surface area contributed by atoms with Gasteiger partial charge in [-0.15, -0.1) is 0 Å². The first-order valence-corrected chi connectivity index (χ1v) is 6.83. The summed E-state index contributed by atoms with van der Waals surface area (Å²) in [5, 5.41) is 11.6. The van der Waals surface area contributed by atoms with Crippen molar-refractivity contribution in [3.63, 3.8) is 0 Å². The first-order chi connectivity index (χ1) is 9.22. The van der Waals surface area contributed by atoms with Crippen LogP contribution in [0.4, 0.5) is 0 Å². The normalized spacial score (nSPS) is 22.4. The molecule has 0 radical (unpaired) electrons. The highest BCUT2D eigenvalue weighted by Crippen LogP contribution is 2.38. The van der Waals surface area contributed by atoms with E-state index in [0.29, 0.717) is 18.4 Å². The molecule has 1 saturated heterocycles. The second-order valence-electron chi connectivity index (χ2n) is 6.61. The molecule has 1 aliphatic heterocycles. The average molecular weight is 278 g/mol. The predicted molar refractivity (Wildman–Crippen MR) is 74.5 cm³/mol. The minimum atomic E-state index is -0.429. The lowest BCUT2D eigenvalue weighted by Crippen LogP contribution is -2.60. The molecule has 1 aliphatic rings. The Labute approximate surface area is 119 Å². The fourth-order valence-electron chi connectivity index (χ4n) is 2.97. The van der Waals surface area contributed by atoms with Crippen LogP contribution in [0.25, 0.3) is 0 Å².